The number of hydrogen-bond donors (Lipinski definition) is 3. The van der Waals surface area contributed by atoms with Gasteiger partial charge < -0.3 is 20.1 Å². The maximum atomic E-state index is 13.0. The number of ether oxygens (including phenoxy) is 1. The SMILES string of the molecule is COC(=O)c1c2ccc(F)cc2nn1C(O)(O)O. The molecule has 2 rings (SSSR count). The van der Waals surface area contributed by atoms with Crippen LogP contribution >= 0.6 is 0 Å². The Morgan fingerprint density at radius 1 is 1.44 bits per heavy atom. The summed E-state index contributed by atoms with van der Waals surface area (Å²) in [5.41, 5.74) is -0.433. The number of nitrogens with zero attached hydrogens (tertiary/aromatic N) is 2. The highest BCUT2D eigenvalue weighted by atomic mass is 19.1. The number of carbonyl (C=O) groups is 1. The van der Waals surface area contributed by atoms with Crippen LogP contribution in [0.3, 0.4) is 0 Å². The molecule has 0 radical (unpaired) electrons. The fraction of sp³-hybridized carbons (Fsp3) is 0.200. The van der Waals surface area contributed by atoms with Crippen molar-refractivity contribution in [2.24, 2.45) is 0 Å². The van der Waals surface area contributed by atoms with Gasteiger partial charge in [-0.2, -0.15) is 9.78 Å². The van der Waals surface area contributed by atoms with E-state index in [0.29, 0.717) is 0 Å². The van der Waals surface area contributed by atoms with Crippen molar-refractivity contribution >= 4 is 16.9 Å². The largest absolute Gasteiger partial charge is 0.464 e. The molecule has 8 heteroatoms. The zero-order valence-corrected chi connectivity index (χ0v) is 9.16. The smallest absolute Gasteiger partial charge is 0.389 e. The molecule has 1 aromatic heterocycles. The number of aliphatic hydroxyl groups is 3. The highest BCUT2D eigenvalue weighted by Crippen LogP contribution is 2.23. The summed E-state index contributed by atoms with van der Waals surface area (Å²) in [6, 6.07) is 3.25. The van der Waals surface area contributed by atoms with Gasteiger partial charge in [0.05, 0.1) is 12.6 Å². The predicted molar refractivity (Wildman–Crippen MR) is 55.7 cm³/mol. The highest BCUT2D eigenvalue weighted by molar-refractivity contribution is 6.02. The van der Waals surface area contributed by atoms with E-state index in [1.165, 1.54) is 6.07 Å². The van der Waals surface area contributed by atoms with Crippen molar-refractivity contribution in [2.45, 2.75) is 6.10 Å². The van der Waals surface area contributed by atoms with Crippen molar-refractivity contribution in [1.82, 2.24) is 9.78 Å². The fourth-order valence-electron chi connectivity index (χ4n) is 1.57. The molecular formula is C10H9FN2O5. The Kier molecular flexibility index (Phi) is 2.77. The minimum absolute atomic E-state index is 0.0306. The first kappa shape index (κ1) is 12.4. The normalized spacial score (nSPS) is 11.8. The Balaban J connectivity index is 2.80. The van der Waals surface area contributed by atoms with Gasteiger partial charge in [0.1, 0.15) is 5.82 Å². The number of fused-ring (bicyclic) bond motifs is 1. The maximum absolute atomic E-state index is 13.0. The highest BCUT2D eigenvalue weighted by Gasteiger charge is 2.31. The third-order valence-corrected chi connectivity index (χ3v) is 2.30. The van der Waals surface area contributed by atoms with Gasteiger partial charge in [-0.3, -0.25) is 0 Å². The number of esters is 1. The number of aromatic nitrogens is 2. The molecule has 0 saturated carbocycles. The number of benzene rings is 1. The molecule has 0 spiro atoms. The first-order valence-corrected chi connectivity index (χ1v) is 4.79. The van der Waals surface area contributed by atoms with Crippen LogP contribution in [0, 0.1) is 5.82 Å². The van der Waals surface area contributed by atoms with Crippen LogP contribution in [0.5, 0.6) is 0 Å². The average molecular weight is 256 g/mol. The van der Waals surface area contributed by atoms with E-state index in [-0.39, 0.29) is 15.6 Å². The van der Waals surface area contributed by atoms with Crippen molar-refractivity contribution in [3.05, 3.63) is 29.7 Å². The minimum atomic E-state index is -3.39. The van der Waals surface area contributed by atoms with E-state index in [9.17, 15) is 9.18 Å². The topological polar surface area (TPSA) is 105 Å². The van der Waals surface area contributed by atoms with Gasteiger partial charge in [-0.15, -0.1) is 0 Å². The summed E-state index contributed by atoms with van der Waals surface area (Å²) >= 11 is 0. The molecule has 96 valence electrons. The van der Waals surface area contributed by atoms with Crippen LogP contribution in [0.15, 0.2) is 18.2 Å². The van der Waals surface area contributed by atoms with E-state index < -0.39 is 23.6 Å². The molecule has 0 bridgehead atoms. The number of rotatable bonds is 2. The van der Waals surface area contributed by atoms with E-state index in [2.05, 4.69) is 9.84 Å². The lowest BCUT2D eigenvalue weighted by atomic mass is 10.2. The third kappa shape index (κ3) is 1.92. The molecule has 0 unspecified atom stereocenters. The maximum Gasteiger partial charge on any atom is 0.389 e. The Hall–Kier alpha value is -2.03. The van der Waals surface area contributed by atoms with Crippen molar-refractivity contribution in [2.75, 3.05) is 7.11 Å². The van der Waals surface area contributed by atoms with Gasteiger partial charge in [0.15, 0.2) is 5.69 Å². The van der Waals surface area contributed by atoms with Crippen LogP contribution in [0.2, 0.25) is 0 Å². The number of carbonyl (C=O) groups excluding carboxylic acids is 1. The summed E-state index contributed by atoms with van der Waals surface area (Å²) < 4.78 is 17.7. The summed E-state index contributed by atoms with van der Waals surface area (Å²) in [5.74, 6) is -1.58. The van der Waals surface area contributed by atoms with Crippen molar-refractivity contribution < 1.29 is 29.2 Å². The monoisotopic (exact) mass is 256 g/mol. The third-order valence-electron chi connectivity index (χ3n) is 2.30. The molecule has 0 amide bonds. The summed E-state index contributed by atoms with van der Waals surface area (Å²) in [7, 11) is 1.07. The van der Waals surface area contributed by atoms with Gasteiger partial charge in [0.2, 0.25) is 0 Å². The first-order chi connectivity index (χ1) is 8.34. The lowest BCUT2D eigenvalue weighted by Crippen LogP contribution is -2.36. The van der Waals surface area contributed by atoms with Crippen molar-refractivity contribution in [3.63, 3.8) is 0 Å². The second kappa shape index (κ2) is 4.02. The van der Waals surface area contributed by atoms with Crippen molar-refractivity contribution in [1.29, 1.82) is 0 Å². The number of halogens is 1. The summed E-state index contributed by atoms with van der Waals surface area (Å²) in [6.07, 6.45) is -3.39. The lowest BCUT2D eigenvalue weighted by molar-refractivity contribution is -0.381. The van der Waals surface area contributed by atoms with Crippen LogP contribution in [0.25, 0.3) is 10.9 Å². The van der Waals surface area contributed by atoms with Gasteiger partial charge in [0, 0.05) is 11.5 Å². The molecule has 7 nitrogen and oxygen atoms in total. The molecule has 0 aliphatic heterocycles. The molecular weight excluding hydrogens is 247 g/mol. The number of methoxy groups -OCH3 is 1. The standard InChI is InChI=1S/C10H9FN2O5/c1-18-9(14)8-6-3-2-5(11)4-7(6)12-13(8)10(15,16)17/h2-4,15-17H,1H3. The minimum Gasteiger partial charge on any atom is -0.464 e. The van der Waals surface area contributed by atoms with Gasteiger partial charge in [-0.1, -0.05) is 0 Å². The molecule has 0 atom stereocenters. The van der Waals surface area contributed by atoms with E-state index in [4.69, 9.17) is 15.3 Å². The van der Waals surface area contributed by atoms with Crippen LogP contribution in [-0.4, -0.2) is 38.2 Å². The zero-order chi connectivity index (χ0) is 13.5. The summed E-state index contributed by atoms with van der Waals surface area (Å²) in [6.45, 7) is 0. The van der Waals surface area contributed by atoms with Crippen LogP contribution < -0.4 is 0 Å². The molecule has 1 aromatic carbocycles. The molecule has 0 aliphatic rings. The van der Waals surface area contributed by atoms with Gasteiger partial charge in [-0.25, -0.2) is 9.18 Å². The summed E-state index contributed by atoms with van der Waals surface area (Å²) in [5, 5.41) is 30.9. The Morgan fingerprint density at radius 2 is 2.11 bits per heavy atom. The molecule has 2 aromatic rings. The average Bonchev–Trinajstić information content (AvgIpc) is 2.66. The Bertz CT molecular complexity index is 616. The van der Waals surface area contributed by atoms with Gasteiger partial charge >= 0.3 is 12.1 Å². The Labute approximate surface area is 99.6 Å². The number of hydrogen-bond acceptors (Lipinski definition) is 6. The summed E-state index contributed by atoms with van der Waals surface area (Å²) in [4.78, 5) is 11.5. The second-order valence-corrected chi connectivity index (χ2v) is 3.51. The molecule has 1 heterocycles. The molecule has 3 N–H and O–H groups in total. The molecule has 0 saturated heterocycles. The first-order valence-electron chi connectivity index (χ1n) is 4.79. The van der Waals surface area contributed by atoms with Gasteiger partial charge in [-0.05, 0) is 12.1 Å². The molecule has 0 aliphatic carbocycles. The molecule has 0 fully saturated rings. The zero-order valence-electron chi connectivity index (χ0n) is 9.16. The van der Waals surface area contributed by atoms with Crippen LogP contribution in [0.1, 0.15) is 10.5 Å². The van der Waals surface area contributed by atoms with E-state index in [1.54, 1.807) is 0 Å². The van der Waals surface area contributed by atoms with Crippen LogP contribution in [-0.2, 0) is 10.8 Å². The van der Waals surface area contributed by atoms with Crippen molar-refractivity contribution in [3.8, 4) is 0 Å². The Morgan fingerprint density at radius 3 is 2.67 bits per heavy atom. The molecule has 18 heavy (non-hydrogen) atoms. The lowest BCUT2D eigenvalue weighted by Gasteiger charge is -2.15. The van der Waals surface area contributed by atoms with E-state index in [1.807, 2.05) is 0 Å². The fourth-order valence-corrected chi connectivity index (χ4v) is 1.57. The van der Waals surface area contributed by atoms with E-state index >= 15 is 0 Å². The van der Waals surface area contributed by atoms with Crippen LogP contribution in [0.4, 0.5) is 4.39 Å². The van der Waals surface area contributed by atoms with Gasteiger partial charge in [0.25, 0.3) is 0 Å². The van der Waals surface area contributed by atoms with E-state index in [0.717, 1.165) is 19.2 Å². The second-order valence-electron chi connectivity index (χ2n) is 3.51. The quantitative estimate of drug-likeness (QED) is 0.494. The predicted octanol–water partition coefficient (Wildman–Crippen LogP) is -0.493.